The lowest BCUT2D eigenvalue weighted by Gasteiger charge is -2.48. The fraction of sp³-hybridized carbons (Fsp3) is 0.796. The molecule has 7 rings (SSSR count). The molecular formula is C49H74Cl2N2O10. The lowest BCUT2D eigenvalue weighted by atomic mass is 9.59. The van der Waals surface area contributed by atoms with Crippen LogP contribution < -0.4 is 5.32 Å². The number of nitrogens with zero attached hydrogens (tertiary/aromatic N) is 1. The SMILES string of the molecule is CC[C@H]1CCC[C@H](O[C@H]2CC[C@H](N(C)C)C(C)O2)[C@@H](C)C(=O)C2=C[C@H]3[C@@H]4C[C@H](O[C@@H]5OC(C)[C@H](OC)C(OC)[C@@H]5OC)C[C@H]4[C@@H](C)[C@H](NCc4cc(Cl)ccc4Cl)[C@H]3[C@@H]2CC(=O)O1. The third-order valence-electron chi connectivity index (χ3n) is 15.9. The van der Waals surface area contributed by atoms with Gasteiger partial charge in [0.2, 0.25) is 0 Å². The summed E-state index contributed by atoms with van der Waals surface area (Å²) in [5, 5.41) is 5.19. The van der Waals surface area contributed by atoms with Crippen LogP contribution in [-0.4, -0.2) is 126 Å². The molecule has 354 valence electrons. The molecule has 2 saturated carbocycles. The van der Waals surface area contributed by atoms with Gasteiger partial charge in [-0.05, 0) is 138 Å². The van der Waals surface area contributed by atoms with Crippen LogP contribution in [0.4, 0.5) is 0 Å². The van der Waals surface area contributed by atoms with Crippen molar-refractivity contribution in [3.63, 3.8) is 0 Å². The fourth-order valence-electron chi connectivity index (χ4n) is 12.6. The van der Waals surface area contributed by atoms with Gasteiger partial charge in [0.05, 0.1) is 30.8 Å². The van der Waals surface area contributed by atoms with Gasteiger partial charge in [-0.15, -0.1) is 0 Å². The summed E-state index contributed by atoms with van der Waals surface area (Å²) in [5.41, 5.74) is 1.62. The minimum Gasteiger partial charge on any atom is -0.462 e. The van der Waals surface area contributed by atoms with Crippen molar-refractivity contribution in [3.8, 4) is 0 Å². The maximum atomic E-state index is 15.3. The lowest BCUT2D eigenvalue weighted by Crippen LogP contribution is -2.59. The summed E-state index contributed by atoms with van der Waals surface area (Å²) < 4.78 is 50.6. The summed E-state index contributed by atoms with van der Waals surface area (Å²) in [5.74, 6) is -0.450. The smallest absolute Gasteiger partial charge is 0.306 e. The van der Waals surface area contributed by atoms with Crippen LogP contribution in [0.3, 0.4) is 0 Å². The molecule has 5 fully saturated rings. The number of halogens is 2. The number of nitrogens with one attached hydrogen (secondary N) is 1. The molecule has 3 aliphatic heterocycles. The van der Waals surface area contributed by atoms with E-state index < -0.39 is 24.6 Å². The zero-order valence-corrected chi connectivity index (χ0v) is 40.6. The number of carbonyl (C=O) groups is 2. The van der Waals surface area contributed by atoms with Gasteiger partial charge >= 0.3 is 5.97 Å². The first kappa shape index (κ1) is 49.2. The highest BCUT2D eigenvalue weighted by Gasteiger charge is 2.59. The molecule has 0 amide bonds. The molecule has 6 aliphatic rings. The first-order chi connectivity index (χ1) is 30.2. The Morgan fingerprint density at radius 1 is 0.857 bits per heavy atom. The third kappa shape index (κ3) is 10.6. The molecule has 1 N–H and O–H groups in total. The number of rotatable bonds is 12. The predicted octanol–water partition coefficient (Wildman–Crippen LogP) is 8.03. The maximum Gasteiger partial charge on any atom is 0.306 e. The number of allylic oxidation sites excluding steroid dienone is 2. The second-order valence-electron chi connectivity index (χ2n) is 19.6. The molecule has 3 saturated heterocycles. The minimum absolute atomic E-state index is 0.00191. The molecule has 14 heteroatoms. The molecule has 3 aliphatic carbocycles. The van der Waals surface area contributed by atoms with Crippen LogP contribution in [0, 0.1) is 41.4 Å². The number of esters is 1. The van der Waals surface area contributed by atoms with Gasteiger partial charge in [-0.3, -0.25) is 9.59 Å². The average molecular weight is 922 g/mol. The fourth-order valence-corrected chi connectivity index (χ4v) is 13.0. The summed E-state index contributed by atoms with van der Waals surface area (Å²) in [4.78, 5) is 31.6. The van der Waals surface area contributed by atoms with E-state index in [1.165, 1.54) is 0 Å². The zero-order valence-electron chi connectivity index (χ0n) is 39.1. The number of hydrogen-bond acceptors (Lipinski definition) is 12. The minimum atomic E-state index is -0.654. The van der Waals surface area contributed by atoms with E-state index in [2.05, 4.69) is 51.2 Å². The van der Waals surface area contributed by atoms with Crippen molar-refractivity contribution in [2.24, 2.45) is 41.4 Å². The molecular weight excluding hydrogens is 847 g/mol. The number of Topliss-reactive ketones (excluding diaryl/α,β-unsaturated/α-hetero) is 1. The van der Waals surface area contributed by atoms with Crippen molar-refractivity contribution in [2.45, 2.75) is 172 Å². The van der Waals surface area contributed by atoms with Gasteiger partial charge in [0.15, 0.2) is 18.4 Å². The molecule has 12 nitrogen and oxygen atoms in total. The molecule has 19 atom stereocenters. The number of methoxy groups -OCH3 is 3. The second-order valence-corrected chi connectivity index (χ2v) is 20.5. The van der Waals surface area contributed by atoms with Crippen LogP contribution in [0.2, 0.25) is 10.0 Å². The Bertz CT molecular complexity index is 1750. The third-order valence-corrected chi connectivity index (χ3v) is 16.5. The summed E-state index contributed by atoms with van der Waals surface area (Å²) >= 11 is 13.2. The summed E-state index contributed by atoms with van der Waals surface area (Å²) in [6.07, 6.45) is 5.37. The van der Waals surface area contributed by atoms with E-state index in [-0.39, 0.29) is 102 Å². The van der Waals surface area contributed by atoms with Crippen LogP contribution >= 0.6 is 23.2 Å². The van der Waals surface area contributed by atoms with Gasteiger partial charge in [0, 0.05) is 61.8 Å². The van der Waals surface area contributed by atoms with Gasteiger partial charge in [-0.1, -0.05) is 50.0 Å². The van der Waals surface area contributed by atoms with Crippen LogP contribution in [0.25, 0.3) is 0 Å². The first-order valence-electron chi connectivity index (χ1n) is 23.7. The molecule has 0 aromatic heterocycles. The van der Waals surface area contributed by atoms with Gasteiger partial charge in [0.25, 0.3) is 0 Å². The highest BCUT2D eigenvalue weighted by Crippen LogP contribution is 2.59. The van der Waals surface area contributed by atoms with Crippen molar-refractivity contribution in [2.75, 3.05) is 35.4 Å². The quantitative estimate of drug-likeness (QED) is 0.204. The van der Waals surface area contributed by atoms with Gasteiger partial charge in [0.1, 0.15) is 24.4 Å². The number of hydrogen-bond donors (Lipinski definition) is 1. The van der Waals surface area contributed by atoms with E-state index in [0.29, 0.717) is 35.5 Å². The summed E-state index contributed by atoms with van der Waals surface area (Å²) in [6, 6.07) is 5.77. The molecule has 1 aromatic carbocycles. The highest BCUT2D eigenvalue weighted by atomic mass is 35.5. The van der Waals surface area contributed by atoms with Crippen LogP contribution in [0.15, 0.2) is 29.8 Å². The Balaban J connectivity index is 1.21. The van der Waals surface area contributed by atoms with Crippen molar-refractivity contribution >= 4 is 35.0 Å². The van der Waals surface area contributed by atoms with E-state index in [0.717, 1.165) is 49.7 Å². The van der Waals surface area contributed by atoms with E-state index in [9.17, 15) is 4.79 Å². The van der Waals surface area contributed by atoms with Crippen molar-refractivity contribution in [3.05, 3.63) is 45.5 Å². The Labute approximate surface area is 386 Å². The number of ether oxygens (including phenoxy) is 8. The van der Waals surface area contributed by atoms with Crippen LogP contribution in [-0.2, 0) is 54.0 Å². The molecule has 0 spiro atoms. The second kappa shape index (κ2) is 21.5. The van der Waals surface area contributed by atoms with Crippen molar-refractivity contribution < 1.29 is 47.5 Å². The Kier molecular flexibility index (Phi) is 16.8. The summed E-state index contributed by atoms with van der Waals surface area (Å²) in [6.45, 7) is 11.0. The first-order valence-corrected chi connectivity index (χ1v) is 24.4. The van der Waals surface area contributed by atoms with Crippen molar-refractivity contribution in [1.82, 2.24) is 10.2 Å². The number of likely N-dealkylation sites (N-methyl/N-ethyl adjacent to an activating group) is 1. The Morgan fingerprint density at radius 2 is 1.59 bits per heavy atom. The van der Waals surface area contributed by atoms with Gasteiger partial charge < -0.3 is 48.1 Å². The van der Waals surface area contributed by atoms with E-state index >= 15 is 4.79 Å². The van der Waals surface area contributed by atoms with Crippen LogP contribution in [0.1, 0.15) is 98.0 Å². The number of benzene rings is 1. The van der Waals surface area contributed by atoms with E-state index in [4.69, 9.17) is 61.1 Å². The molecule has 0 radical (unpaired) electrons. The zero-order chi connectivity index (χ0) is 45.3. The molecule has 3 unspecified atom stereocenters. The number of carbonyl (C=O) groups excluding carboxylic acids is 2. The van der Waals surface area contributed by atoms with E-state index in [1.54, 1.807) is 27.4 Å². The summed E-state index contributed by atoms with van der Waals surface area (Å²) in [7, 11) is 9.15. The molecule has 1 aromatic rings. The monoisotopic (exact) mass is 920 g/mol. The predicted molar refractivity (Wildman–Crippen MR) is 241 cm³/mol. The molecule has 3 heterocycles. The standard InChI is InChI=1S/C49H74Cl2N2O10/c1-11-31-13-12-14-40(63-42-18-17-39(53(6)7)27(4)59-42)26(3)45(55)37-22-35-34-21-32(62-49-48(58-10)47(57-9)46(56-8)28(5)60-49)20-33(34)25(2)44(43(35)36(37)23-41(54)61-31)52-24-29-19-30(50)15-16-38(29)51/h15-16,19,22,25-28,31-36,39-40,42-44,46-49,52H,11-14,17-18,20-21,23-24H2,1-10H3/t25-,26-,27?,28?,31+,32-,33+,34-,35+,36-,39+,40+,42+,43-,44+,46+,47?,48+,49+/m1/s1. The number of fused-ring (bicyclic) bond motifs is 5. The van der Waals surface area contributed by atoms with Gasteiger partial charge in [-0.2, -0.15) is 0 Å². The largest absolute Gasteiger partial charge is 0.462 e. The van der Waals surface area contributed by atoms with Crippen LogP contribution in [0.5, 0.6) is 0 Å². The van der Waals surface area contributed by atoms with Gasteiger partial charge in [-0.25, -0.2) is 0 Å². The number of cyclic esters (lactones) is 1. The Hall–Kier alpha value is -1.68. The Morgan fingerprint density at radius 3 is 2.27 bits per heavy atom. The van der Waals surface area contributed by atoms with E-state index in [1.807, 2.05) is 26.0 Å². The normalized spacial score (nSPS) is 42.4. The number of ketones is 1. The molecule has 63 heavy (non-hydrogen) atoms. The molecule has 0 bridgehead atoms. The lowest BCUT2D eigenvalue weighted by molar-refractivity contribution is -0.314. The average Bonchev–Trinajstić information content (AvgIpc) is 3.84. The van der Waals surface area contributed by atoms with Crippen molar-refractivity contribution in [1.29, 1.82) is 0 Å². The topological polar surface area (TPSA) is 123 Å². The maximum absolute atomic E-state index is 15.3. The highest BCUT2D eigenvalue weighted by molar-refractivity contribution is 6.33.